The standard InChI is InChI=1S/C12H15Cl2NO2/c1-17-4-2-3-15-12(16)7-9-5-10(13)8-11(14)6-9/h5-6,8H,2-4,7H2,1H3,(H,15,16). The maximum Gasteiger partial charge on any atom is 0.224 e. The van der Waals surface area contributed by atoms with Gasteiger partial charge in [-0.1, -0.05) is 23.2 Å². The van der Waals surface area contributed by atoms with E-state index in [0.717, 1.165) is 12.0 Å². The number of ether oxygens (including phenoxy) is 1. The molecule has 0 unspecified atom stereocenters. The molecule has 3 nitrogen and oxygen atoms in total. The molecule has 94 valence electrons. The molecule has 1 rings (SSSR count). The van der Waals surface area contributed by atoms with Crippen molar-refractivity contribution in [1.82, 2.24) is 5.32 Å². The minimum Gasteiger partial charge on any atom is -0.385 e. The Kier molecular flexibility index (Phi) is 6.34. The van der Waals surface area contributed by atoms with Crippen LogP contribution in [0.4, 0.5) is 0 Å². The highest BCUT2D eigenvalue weighted by atomic mass is 35.5. The zero-order chi connectivity index (χ0) is 12.7. The minimum absolute atomic E-state index is 0.0422. The maximum absolute atomic E-state index is 11.6. The van der Waals surface area contributed by atoms with Crippen molar-refractivity contribution in [3.8, 4) is 0 Å². The lowest BCUT2D eigenvalue weighted by Crippen LogP contribution is -2.26. The number of carbonyl (C=O) groups is 1. The van der Waals surface area contributed by atoms with Crippen molar-refractivity contribution in [3.63, 3.8) is 0 Å². The van der Waals surface area contributed by atoms with Gasteiger partial charge in [-0.2, -0.15) is 0 Å². The molecule has 0 saturated heterocycles. The Balaban J connectivity index is 2.39. The van der Waals surface area contributed by atoms with Crippen LogP contribution in [0.1, 0.15) is 12.0 Å². The second-order valence-electron chi connectivity index (χ2n) is 3.65. The van der Waals surface area contributed by atoms with Gasteiger partial charge in [0.1, 0.15) is 0 Å². The molecule has 0 aromatic heterocycles. The molecule has 0 fully saturated rings. The number of amides is 1. The molecular formula is C12H15Cl2NO2. The molecule has 0 saturated carbocycles. The number of benzene rings is 1. The highest BCUT2D eigenvalue weighted by Gasteiger charge is 2.04. The van der Waals surface area contributed by atoms with E-state index in [1.54, 1.807) is 25.3 Å². The van der Waals surface area contributed by atoms with Crippen LogP contribution >= 0.6 is 23.2 Å². The smallest absolute Gasteiger partial charge is 0.224 e. The van der Waals surface area contributed by atoms with Gasteiger partial charge in [-0.25, -0.2) is 0 Å². The van der Waals surface area contributed by atoms with E-state index in [2.05, 4.69) is 5.32 Å². The lowest BCUT2D eigenvalue weighted by atomic mass is 10.1. The Labute approximate surface area is 111 Å². The third-order valence-corrected chi connectivity index (χ3v) is 2.57. The highest BCUT2D eigenvalue weighted by Crippen LogP contribution is 2.19. The van der Waals surface area contributed by atoms with Gasteiger partial charge in [0, 0.05) is 30.3 Å². The summed E-state index contributed by atoms with van der Waals surface area (Å²) in [6.07, 6.45) is 1.09. The first-order valence-electron chi connectivity index (χ1n) is 5.32. The normalized spacial score (nSPS) is 10.3. The van der Waals surface area contributed by atoms with E-state index in [1.165, 1.54) is 0 Å². The number of halogens is 2. The summed E-state index contributed by atoms with van der Waals surface area (Å²) in [7, 11) is 1.63. The lowest BCUT2D eigenvalue weighted by molar-refractivity contribution is -0.120. The Morgan fingerprint density at radius 3 is 2.53 bits per heavy atom. The van der Waals surface area contributed by atoms with Crippen molar-refractivity contribution in [3.05, 3.63) is 33.8 Å². The van der Waals surface area contributed by atoms with Gasteiger partial charge in [0.05, 0.1) is 6.42 Å². The summed E-state index contributed by atoms with van der Waals surface area (Å²) >= 11 is 11.7. The van der Waals surface area contributed by atoms with Gasteiger partial charge in [0.2, 0.25) is 5.91 Å². The predicted octanol–water partition coefficient (Wildman–Crippen LogP) is 2.69. The number of carbonyl (C=O) groups excluding carboxylic acids is 1. The number of methoxy groups -OCH3 is 1. The van der Waals surface area contributed by atoms with E-state index in [4.69, 9.17) is 27.9 Å². The molecule has 1 amide bonds. The highest BCUT2D eigenvalue weighted by molar-refractivity contribution is 6.34. The van der Waals surface area contributed by atoms with Gasteiger partial charge in [-0.15, -0.1) is 0 Å². The molecule has 0 heterocycles. The lowest BCUT2D eigenvalue weighted by Gasteiger charge is -2.05. The molecule has 0 radical (unpaired) electrons. The zero-order valence-electron chi connectivity index (χ0n) is 9.63. The van der Waals surface area contributed by atoms with Crippen LogP contribution in [-0.2, 0) is 16.0 Å². The van der Waals surface area contributed by atoms with Crippen LogP contribution in [0.15, 0.2) is 18.2 Å². The topological polar surface area (TPSA) is 38.3 Å². The number of nitrogens with one attached hydrogen (secondary N) is 1. The van der Waals surface area contributed by atoms with E-state index >= 15 is 0 Å². The molecule has 1 aromatic rings. The van der Waals surface area contributed by atoms with Crippen LogP contribution in [0.2, 0.25) is 10.0 Å². The van der Waals surface area contributed by atoms with Crippen molar-refractivity contribution in [1.29, 1.82) is 0 Å². The number of rotatable bonds is 6. The maximum atomic E-state index is 11.6. The van der Waals surface area contributed by atoms with Gasteiger partial charge in [0.25, 0.3) is 0 Å². The summed E-state index contributed by atoms with van der Waals surface area (Å²) in [6.45, 7) is 1.25. The van der Waals surface area contributed by atoms with Crippen molar-refractivity contribution in [2.75, 3.05) is 20.3 Å². The zero-order valence-corrected chi connectivity index (χ0v) is 11.1. The largest absolute Gasteiger partial charge is 0.385 e. The Bertz CT molecular complexity index is 363. The van der Waals surface area contributed by atoms with Crippen LogP contribution in [0.5, 0.6) is 0 Å². The second-order valence-corrected chi connectivity index (χ2v) is 4.52. The molecule has 0 aliphatic heterocycles. The molecule has 0 bridgehead atoms. The Hall–Kier alpha value is -0.770. The average Bonchev–Trinajstić information content (AvgIpc) is 2.23. The quantitative estimate of drug-likeness (QED) is 0.811. The van der Waals surface area contributed by atoms with Gasteiger partial charge in [-0.05, 0) is 30.2 Å². The van der Waals surface area contributed by atoms with E-state index in [1.807, 2.05) is 0 Å². The van der Waals surface area contributed by atoms with Gasteiger partial charge < -0.3 is 10.1 Å². The van der Waals surface area contributed by atoms with Gasteiger partial charge in [0.15, 0.2) is 0 Å². The van der Waals surface area contributed by atoms with Crippen molar-refractivity contribution in [2.45, 2.75) is 12.8 Å². The fourth-order valence-corrected chi connectivity index (χ4v) is 1.98. The summed E-state index contributed by atoms with van der Waals surface area (Å²) < 4.78 is 4.89. The third kappa shape index (κ3) is 5.91. The number of hydrogen-bond donors (Lipinski definition) is 1. The second kappa shape index (κ2) is 7.54. The molecule has 0 aliphatic rings. The van der Waals surface area contributed by atoms with E-state index in [9.17, 15) is 4.79 Å². The molecule has 1 N–H and O–H groups in total. The van der Waals surface area contributed by atoms with E-state index in [-0.39, 0.29) is 12.3 Å². The van der Waals surface area contributed by atoms with Gasteiger partial charge >= 0.3 is 0 Å². The molecule has 17 heavy (non-hydrogen) atoms. The summed E-state index contributed by atoms with van der Waals surface area (Å²) in [6, 6.07) is 5.12. The molecule has 0 aliphatic carbocycles. The first kappa shape index (κ1) is 14.3. The third-order valence-electron chi connectivity index (χ3n) is 2.13. The summed E-state index contributed by atoms with van der Waals surface area (Å²) in [5.41, 5.74) is 0.812. The first-order chi connectivity index (χ1) is 8.11. The Morgan fingerprint density at radius 2 is 1.94 bits per heavy atom. The fraction of sp³-hybridized carbons (Fsp3) is 0.417. The van der Waals surface area contributed by atoms with Crippen molar-refractivity contribution >= 4 is 29.1 Å². The van der Waals surface area contributed by atoms with Crippen molar-refractivity contribution < 1.29 is 9.53 Å². The molecule has 0 spiro atoms. The summed E-state index contributed by atoms with van der Waals surface area (Å²) in [5.74, 6) is -0.0422. The molecule has 0 atom stereocenters. The molecule has 1 aromatic carbocycles. The van der Waals surface area contributed by atoms with E-state index in [0.29, 0.717) is 23.2 Å². The fourth-order valence-electron chi connectivity index (χ4n) is 1.41. The number of hydrogen-bond acceptors (Lipinski definition) is 2. The average molecular weight is 276 g/mol. The van der Waals surface area contributed by atoms with Crippen LogP contribution in [0.25, 0.3) is 0 Å². The molecular weight excluding hydrogens is 261 g/mol. The van der Waals surface area contributed by atoms with E-state index < -0.39 is 0 Å². The van der Waals surface area contributed by atoms with Crippen molar-refractivity contribution in [2.24, 2.45) is 0 Å². The summed E-state index contributed by atoms with van der Waals surface area (Å²) in [4.78, 5) is 11.6. The van der Waals surface area contributed by atoms with Gasteiger partial charge in [-0.3, -0.25) is 4.79 Å². The monoisotopic (exact) mass is 275 g/mol. The SMILES string of the molecule is COCCCNC(=O)Cc1cc(Cl)cc(Cl)c1. The minimum atomic E-state index is -0.0422. The first-order valence-corrected chi connectivity index (χ1v) is 6.08. The Morgan fingerprint density at radius 1 is 1.29 bits per heavy atom. The van der Waals surface area contributed by atoms with Crippen LogP contribution in [0, 0.1) is 0 Å². The van der Waals surface area contributed by atoms with Crippen LogP contribution in [-0.4, -0.2) is 26.2 Å². The predicted molar refractivity (Wildman–Crippen MR) is 69.7 cm³/mol. The molecule has 5 heteroatoms. The summed E-state index contributed by atoms with van der Waals surface area (Å²) in [5, 5.41) is 3.88. The van der Waals surface area contributed by atoms with Crippen LogP contribution in [0.3, 0.4) is 0 Å². The van der Waals surface area contributed by atoms with Crippen LogP contribution < -0.4 is 5.32 Å².